The van der Waals surface area contributed by atoms with E-state index in [0.717, 1.165) is 41.4 Å². The topological polar surface area (TPSA) is 58.9 Å². The van der Waals surface area contributed by atoms with Gasteiger partial charge in [-0.25, -0.2) is 4.98 Å². The molecule has 1 aliphatic rings. The summed E-state index contributed by atoms with van der Waals surface area (Å²) in [7, 11) is 0. The Hall–Kier alpha value is -1.36. The van der Waals surface area contributed by atoms with E-state index in [9.17, 15) is 4.79 Å². The molecule has 0 bridgehead atoms. The Morgan fingerprint density at radius 1 is 1.35 bits per heavy atom. The minimum absolute atomic E-state index is 0.0343. The van der Waals surface area contributed by atoms with Crippen molar-refractivity contribution in [2.75, 3.05) is 0 Å². The minimum atomic E-state index is -0.0343. The van der Waals surface area contributed by atoms with Gasteiger partial charge in [-0.15, -0.1) is 0 Å². The fourth-order valence-electron chi connectivity index (χ4n) is 2.17. The van der Waals surface area contributed by atoms with Gasteiger partial charge in [0, 0.05) is 5.56 Å². The van der Waals surface area contributed by atoms with Crippen molar-refractivity contribution in [2.45, 2.75) is 25.7 Å². The van der Waals surface area contributed by atoms with E-state index in [4.69, 9.17) is 4.42 Å². The second-order valence-corrected chi connectivity index (χ2v) is 5.00. The average molecular weight is 295 g/mol. The van der Waals surface area contributed by atoms with Gasteiger partial charge in [0.2, 0.25) is 0 Å². The van der Waals surface area contributed by atoms with Gasteiger partial charge in [-0.05, 0) is 47.7 Å². The molecule has 0 amide bonds. The second kappa shape index (κ2) is 4.14. The van der Waals surface area contributed by atoms with Gasteiger partial charge in [-0.3, -0.25) is 4.79 Å². The Morgan fingerprint density at radius 3 is 2.94 bits per heavy atom. The quantitative estimate of drug-likeness (QED) is 0.880. The number of nitrogens with zero attached hydrogens (tertiary/aromatic N) is 1. The van der Waals surface area contributed by atoms with E-state index < -0.39 is 0 Å². The van der Waals surface area contributed by atoms with E-state index in [0.29, 0.717) is 11.6 Å². The molecule has 3 rings (SSSR count). The number of hydrogen-bond acceptors (Lipinski definition) is 3. The van der Waals surface area contributed by atoms with Crippen LogP contribution in [0.4, 0.5) is 0 Å². The van der Waals surface area contributed by atoms with Crippen molar-refractivity contribution >= 4 is 15.9 Å². The number of nitrogens with one attached hydrogen (secondary N) is 1. The first-order valence-electron chi connectivity index (χ1n) is 5.61. The number of aromatic nitrogens is 2. The van der Waals surface area contributed by atoms with E-state index in [1.807, 2.05) is 0 Å². The monoisotopic (exact) mass is 294 g/mol. The van der Waals surface area contributed by atoms with E-state index >= 15 is 0 Å². The SMILES string of the molecule is O=c1[nH]c(-c2occc2Br)nc2c1CCCC2. The molecule has 0 saturated heterocycles. The van der Waals surface area contributed by atoms with E-state index in [-0.39, 0.29) is 5.56 Å². The lowest BCUT2D eigenvalue weighted by atomic mass is 9.97. The zero-order chi connectivity index (χ0) is 11.8. The van der Waals surface area contributed by atoms with Crippen LogP contribution in [0.25, 0.3) is 11.6 Å². The van der Waals surface area contributed by atoms with Gasteiger partial charge in [-0.1, -0.05) is 0 Å². The average Bonchev–Trinajstić information content (AvgIpc) is 2.75. The lowest BCUT2D eigenvalue weighted by Gasteiger charge is -2.13. The Kier molecular flexibility index (Phi) is 2.63. The zero-order valence-corrected chi connectivity index (χ0v) is 10.7. The lowest BCUT2D eigenvalue weighted by Crippen LogP contribution is -2.21. The number of furan rings is 1. The summed E-state index contributed by atoms with van der Waals surface area (Å²) in [5.41, 5.74) is 1.72. The van der Waals surface area contributed by atoms with Gasteiger partial charge in [0.25, 0.3) is 5.56 Å². The molecule has 2 aromatic heterocycles. The molecule has 0 unspecified atom stereocenters. The maximum absolute atomic E-state index is 11.9. The van der Waals surface area contributed by atoms with E-state index in [1.165, 1.54) is 0 Å². The van der Waals surface area contributed by atoms with Crippen molar-refractivity contribution < 1.29 is 4.42 Å². The molecule has 0 saturated carbocycles. The van der Waals surface area contributed by atoms with Crippen LogP contribution < -0.4 is 5.56 Å². The van der Waals surface area contributed by atoms with Gasteiger partial charge < -0.3 is 9.40 Å². The Labute approximate surface area is 106 Å². The molecule has 1 aliphatic carbocycles. The lowest BCUT2D eigenvalue weighted by molar-refractivity contribution is 0.572. The van der Waals surface area contributed by atoms with E-state index in [2.05, 4.69) is 25.9 Å². The molecule has 4 nitrogen and oxygen atoms in total. The fraction of sp³-hybridized carbons (Fsp3) is 0.333. The van der Waals surface area contributed by atoms with Crippen LogP contribution in [0.3, 0.4) is 0 Å². The van der Waals surface area contributed by atoms with Gasteiger partial charge in [0.05, 0.1) is 16.4 Å². The van der Waals surface area contributed by atoms with Crippen molar-refractivity contribution in [2.24, 2.45) is 0 Å². The van der Waals surface area contributed by atoms with Crippen molar-refractivity contribution in [3.63, 3.8) is 0 Å². The highest BCUT2D eigenvalue weighted by Crippen LogP contribution is 2.27. The molecule has 5 heteroatoms. The molecule has 17 heavy (non-hydrogen) atoms. The predicted octanol–water partition coefficient (Wildman–Crippen LogP) is 2.67. The predicted molar refractivity (Wildman–Crippen MR) is 66.9 cm³/mol. The van der Waals surface area contributed by atoms with Crippen LogP contribution in [0.15, 0.2) is 26.0 Å². The number of halogens is 1. The Bertz CT molecular complexity index is 615. The Morgan fingerprint density at radius 2 is 2.18 bits per heavy atom. The summed E-state index contributed by atoms with van der Waals surface area (Å²) < 4.78 is 6.12. The molecule has 1 N–H and O–H groups in total. The summed E-state index contributed by atoms with van der Waals surface area (Å²) in [5.74, 6) is 1.09. The summed E-state index contributed by atoms with van der Waals surface area (Å²) >= 11 is 3.37. The van der Waals surface area contributed by atoms with Crippen LogP contribution in [0.1, 0.15) is 24.1 Å². The first-order chi connectivity index (χ1) is 8.25. The molecule has 0 aromatic carbocycles. The maximum atomic E-state index is 11.9. The molecule has 0 spiro atoms. The Balaban J connectivity index is 2.17. The smallest absolute Gasteiger partial charge is 0.254 e. The van der Waals surface area contributed by atoms with Crippen molar-refractivity contribution in [3.8, 4) is 11.6 Å². The van der Waals surface area contributed by atoms with Crippen LogP contribution in [-0.2, 0) is 12.8 Å². The van der Waals surface area contributed by atoms with Crippen LogP contribution >= 0.6 is 15.9 Å². The maximum Gasteiger partial charge on any atom is 0.254 e. The number of aromatic amines is 1. The molecule has 0 radical (unpaired) electrons. The number of aryl methyl sites for hydroxylation is 1. The number of H-pyrrole nitrogens is 1. The molecule has 88 valence electrons. The largest absolute Gasteiger partial charge is 0.460 e. The summed E-state index contributed by atoms with van der Waals surface area (Å²) in [6, 6.07) is 1.79. The fourth-order valence-corrected chi connectivity index (χ4v) is 2.56. The van der Waals surface area contributed by atoms with Crippen molar-refractivity contribution in [3.05, 3.63) is 38.4 Å². The highest BCUT2D eigenvalue weighted by atomic mass is 79.9. The summed E-state index contributed by atoms with van der Waals surface area (Å²) in [6.07, 6.45) is 5.45. The van der Waals surface area contributed by atoms with Gasteiger partial charge in [0.15, 0.2) is 11.6 Å². The zero-order valence-electron chi connectivity index (χ0n) is 9.12. The highest BCUT2D eigenvalue weighted by Gasteiger charge is 2.18. The van der Waals surface area contributed by atoms with Crippen LogP contribution in [0.5, 0.6) is 0 Å². The van der Waals surface area contributed by atoms with Crippen molar-refractivity contribution in [1.29, 1.82) is 0 Å². The molecule has 2 aromatic rings. The third-order valence-corrected chi connectivity index (χ3v) is 3.65. The molecular weight excluding hydrogens is 284 g/mol. The summed E-state index contributed by atoms with van der Waals surface area (Å²) in [4.78, 5) is 19.2. The van der Waals surface area contributed by atoms with E-state index in [1.54, 1.807) is 12.3 Å². The first kappa shape index (κ1) is 10.8. The highest BCUT2D eigenvalue weighted by molar-refractivity contribution is 9.10. The minimum Gasteiger partial charge on any atom is -0.460 e. The van der Waals surface area contributed by atoms with Crippen molar-refractivity contribution in [1.82, 2.24) is 9.97 Å². The summed E-state index contributed by atoms with van der Waals surface area (Å²) in [5, 5.41) is 0. The normalized spacial score (nSPS) is 14.6. The number of rotatable bonds is 1. The molecule has 0 fully saturated rings. The third-order valence-electron chi connectivity index (χ3n) is 3.02. The molecule has 0 atom stereocenters. The van der Waals surface area contributed by atoms with Gasteiger partial charge >= 0.3 is 0 Å². The molecule has 0 aliphatic heterocycles. The third kappa shape index (κ3) is 1.84. The van der Waals surface area contributed by atoms with Crippen LogP contribution in [0.2, 0.25) is 0 Å². The standard InChI is InChI=1S/C12H11BrN2O2/c13-8-5-6-17-10(8)11-14-9-4-2-1-3-7(9)12(16)15-11/h5-6H,1-4H2,(H,14,15,16). The summed E-state index contributed by atoms with van der Waals surface area (Å²) in [6.45, 7) is 0. The number of hydrogen-bond donors (Lipinski definition) is 1. The van der Waals surface area contributed by atoms with Gasteiger partial charge in [-0.2, -0.15) is 0 Å². The second-order valence-electron chi connectivity index (χ2n) is 4.14. The van der Waals surface area contributed by atoms with Gasteiger partial charge in [0.1, 0.15) is 0 Å². The van der Waals surface area contributed by atoms with Crippen LogP contribution in [-0.4, -0.2) is 9.97 Å². The molecular formula is C12H11BrN2O2. The number of fused-ring (bicyclic) bond motifs is 1. The molecule has 2 heterocycles. The first-order valence-corrected chi connectivity index (χ1v) is 6.40. The van der Waals surface area contributed by atoms with Crippen LogP contribution in [0, 0.1) is 0 Å².